The van der Waals surface area contributed by atoms with Gasteiger partial charge in [-0.15, -0.1) is 11.3 Å². The topological polar surface area (TPSA) is 68.3 Å². The number of nitrogens with one attached hydrogen (secondary N) is 1. The van der Waals surface area contributed by atoms with Gasteiger partial charge in [-0.2, -0.15) is 0 Å². The first kappa shape index (κ1) is 15.6. The number of esters is 1. The zero-order chi connectivity index (χ0) is 14.8. The normalized spacial score (nSPS) is 12.9. The highest BCUT2D eigenvalue weighted by Crippen LogP contribution is 2.18. The van der Waals surface area contributed by atoms with Gasteiger partial charge in [0.25, 0.3) is 5.91 Å². The number of amides is 1. The summed E-state index contributed by atoms with van der Waals surface area (Å²) in [5, 5.41) is 3.57. The van der Waals surface area contributed by atoms with Gasteiger partial charge in [-0.3, -0.25) is 4.79 Å². The second-order valence-electron chi connectivity index (χ2n) is 5.43. The summed E-state index contributed by atoms with van der Waals surface area (Å²) >= 11 is 1.27. The molecule has 1 aromatic heterocycles. The van der Waals surface area contributed by atoms with E-state index in [1.54, 1.807) is 13.8 Å². The maximum absolute atomic E-state index is 11.9. The highest BCUT2D eigenvalue weighted by molar-refractivity contribution is 7.13. The van der Waals surface area contributed by atoms with E-state index < -0.39 is 12.1 Å². The van der Waals surface area contributed by atoms with Crippen LogP contribution in [0.5, 0.6) is 0 Å². The van der Waals surface area contributed by atoms with E-state index in [1.165, 1.54) is 11.3 Å². The largest absolute Gasteiger partial charge is 0.448 e. The first-order chi connectivity index (χ1) is 8.60. The monoisotopic (exact) mass is 284 g/mol. The molecule has 1 N–H and O–H groups in total. The van der Waals surface area contributed by atoms with Crippen molar-refractivity contribution in [2.24, 2.45) is 0 Å². The van der Waals surface area contributed by atoms with Crippen molar-refractivity contribution in [1.29, 1.82) is 0 Å². The number of thiazole rings is 1. The van der Waals surface area contributed by atoms with Gasteiger partial charge in [0, 0.05) is 5.54 Å². The number of carbonyl (C=O) groups excluding carboxylic acids is 2. The van der Waals surface area contributed by atoms with Crippen molar-refractivity contribution >= 4 is 23.2 Å². The van der Waals surface area contributed by atoms with Gasteiger partial charge < -0.3 is 10.1 Å². The fourth-order valence-electron chi connectivity index (χ4n) is 1.46. The Morgan fingerprint density at radius 2 is 1.89 bits per heavy atom. The molecule has 0 unspecified atom stereocenters. The Morgan fingerprint density at radius 1 is 1.32 bits per heavy atom. The summed E-state index contributed by atoms with van der Waals surface area (Å²) in [5.41, 5.74) is 0.283. The third-order valence-corrected chi connectivity index (χ3v) is 3.29. The van der Waals surface area contributed by atoms with Crippen LogP contribution in [0.1, 0.15) is 48.1 Å². The lowest BCUT2D eigenvalue weighted by Crippen LogP contribution is -2.46. The molecule has 0 aromatic carbocycles. The van der Waals surface area contributed by atoms with E-state index in [4.69, 9.17) is 4.74 Å². The summed E-state index contributed by atoms with van der Waals surface area (Å²) in [4.78, 5) is 28.4. The second kappa shape index (κ2) is 5.69. The van der Waals surface area contributed by atoms with Crippen molar-refractivity contribution in [2.75, 3.05) is 0 Å². The van der Waals surface area contributed by atoms with Gasteiger partial charge in [-0.25, -0.2) is 9.78 Å². The van der Waals surface area contributed by atoms with Crippen LogP contribution in [-0.4, -0.2) is 28.5 Å². The lowest BCUT2D eigenvalue weighted by Gasteiger charge is -2.23. The first-order valence-corrected chi connectivity index (χ1v) is 6.89. The summed E-state index contributed by atoms with van der Waals surface area (Å²) in [6.45, 7) is 10.7. The third-order valence-electron chi connectivity index (χ3n) is 2.24. The van der Waals surface area contributed by atoms with Crippen molar-refractivity contribution in [3.63, 3.8) is 0 Å². The Balaban J connectivity index is 2.67. The molecule has 0 bridgehead atoms. The van der Waals surface area contributed by atoms with Crippen molar-refractivity contribution < 1.29 is 14.3 Å². The zero-order valence-corrected chi connectivity index (χ0v) is 13.0. The standard InChI is InChI=1S/C13H20N2O3S/c1-7-10(19-9(3)14-7)12(17)18-8(2)11(16)15-13(4,5)6/h8H,1-6H3,(H,15,16)/t8-/m0/s1. The molecule has 0 fully saturated rings. The minimum absolute atomic E-state index is 0.306. The Bertz CT molecular complexity index is 489. The smallest absolute Gasteiger partial charge is 0.351 e. The van der Waals surface area contributed by atoms with E-state index >= 15 is 0 Å². The fourth-order valence-corrected chi connectivity index (χ4v) is 2.26. The zero-order valence-electron chi connectivity index (χ0n) is 12.2. The maximum atomic E-state index is 11.9. The van der Waals surface area contributed by atoms with Crippen LogP contribution in [0.3, 0.4) is 0 Å². The number of aromatic nitrogens is 1. The number of nitrogens with zero attached hydrogens (tertiary/aromatic N) is 1. The first-order valence-electron chi connectivity index (χ1n) is 6.07. The van der Waals surface area contributed by atoms with Crippen LogP contribution < -0.4 is 5.32 Å². The predicted octanol–water partition coefficient (Wildman–Crippen LogP) is 2.22. The van der Waals surface area contributed by atoms with Crippen LogP contribution in [0.4, 0.5) is 0 Å². The average Bonchev–Trinajstić information content (AvgIpc) is 2.55. The molecule has 0 saturated heterocycles. The van der Waals surface area contributed by atoms with Gasteiger partial charge in [0.15, 0.2) is 6.10 Å². The van der Waals surface area contributed by atoms with Crippen LogP contribution in [0.25, 0.3) is 0 Å². The molecule has 0 spiro atoms. The quantitative estimate of drug-likeness (QED) is 0.864. The number of rotatable bonds is 3. The molecule has 0 aliphatic carbocycles. The average molecular weight is 284 g/mol. The minimum atomic E-state index is -0.825. The Labute approximate surface area is 117 Å². The van der Waals surface area contributed by atoms with E-state index in [0.29, 0.717) is 10.6 Å². The number of aryl methyl sites for hydroxylation is 2. The van der Waals surface area contributed by atoms with Crippen molar-refractivity contribution in [2.45, 2.75) is 53.2 Å². The molecule has 5 nitrogen and oxygen atoms in total. The molecule has 1 heterocycles. The molecular weight excluding hydrogens is 264 g/mol. The van der Waals surface area contributed by atoms with Gasteiger partial charge in [-0.1, -0.05) is 0 Å². The molecule has 1 atom stereocenters. The lowest BCUT2D eigenvalue weighted by molar-refractivity contribution is -0.130. The summed E-state index contributed by atoms with van der Waals surface area (Å²) in [5.74, 6) is -0.806. The van der Waals surface area contributed by atoms with Crippen LogP contribution in [-0.2, 0) is 9.53 Å². The molecule has 1 rings (SSSR count). The fraction of sp³-hybridized carbons (Fsp3) is 0.615. The van der Waals surface area contributed by atoms with E-state index in [-0.39, 0.29) is 11.4 Å². The molecule has 1 amide bonds. The summed E-state index contributed by atoms with van der Waals surface area (Å²) in [6.07, 6.45) is -0.825. The number of carbonyl (C=O) groups is 2. The van der Waals surface area contributed by atoms with Gasteiger partial charge in [0.2, 0.25) is 0 Å². The van der Waals surface area contributed by atoms with Gasteiger partial charge >= 0.3 is 5.97 Å². The third kappa shape index (κ3) is 4.63. The molecule has 0 radical (unpaired) electrons. The highest BCUT2D eigenvalue weighted by Gasteiger charge is 2.24. The van der Waals surface area contributed by atoms with Crippen molar-refractivity contribution in [3.05, 3.63) is 15.6 Å². The maximum Gasteiger partial charge on any atom is 0.351 e. The van der Waals surface area contributed by atoms with Crippen molar-refractivity contribution in [1.82, 2.24) is 10.3 Å². The molecule has 0 saturated carbocycles. The Morgan fingerprint density at radius 3 is 2.32 bits per heavy atom. The van der Waals surface area contributed by atoms with Gasteiger partial charge in [-0.05, 0) is 41.5 Å². The molecule has 0 aliphatic heterocycles. The van der Waals surface area contributed by atoms with Gasteiger partial charge in [0.1, 0.15) is 4.88 Å². The van der Waals surface area contributed by atoms with E-state index in [2.05, 4.69) is 10.3 Å². The number of hydrogen-bond acceptors (Lipinski definition) is 5. The predicted molar refractivity (Wildman–Crippen MR) is 74.4 cm³/mol. The number of hydrogen-bond donors (Lipinski definition) is 1. The second-order valence-corrected chi connectivity index (χ2v) is 6.64. The summed E-state index contributed by atoms with van der Waals surface area (Å²) < 4.78 is 5.16. The van der Waals surface area contributed by atoms with E-state index in [9.17, 15) is 9.59 Å². The minimum Gasteiger partial charge on any atom is -0.448 e. The highest BCUT2D eigenvalue weighted by atomic mass is 32.1. The Kier molecular flexibility index (Phi) is 4.68. The Hall–Kier alpha value is -1.43. The van der Waals surface area contributed by atoms with Crippen LogP contribution in [0, 0.1) is 13.8 Å². The van der Waals surface area contributed by atoms with Crippen LogP contribution in [0.2, 0.25) is 0 Å². The molecule has 1 aromatic rings. The molecule has 106 valence electrons. The molecule has 0 aliphatic rings. The summed E-state index contributed by atoms with van der Waals surface area (Å²) in [7, 11) is 0. The molecular formula is C13H20N2O3S. The SMILES string of the molecule is Cc1nc(C)c(C(=O)O[C@@H](C)C(=O)NC(C)(C)C)s1. The van der Waals surface area contributed by atoms with E-state index in [0.717, 1.165) is 5.01 Å². The van der Waals surface area contributed by atoms with Crippen LogP contribution in [0.15, 0.2) is 0 Å². The van der Waals surface area contributed by atoms with Gasteiger partial charge in [0.05, 0.1) is 10.7 Å². The lowest BCUT2D eigenvalue weighted by atomic mass is 10.1. The molecule has 19 heavy (non-hydrogen) atoms. The number of ether oxygens (including phenoxy) is 1. The molecule has 6 heteroatoms. The van der Waals surface area contributed by atoms with Crippen LogP contribution >= 0.6 is 11.3 Å². The van der Waals surface area contributed by atoms with Crippen molar-refractivity contribution in [3.8, 4) is 0 Å². The van der Waals surface area contributed by atoms with E-state index in [1.807, 2.05) is 27.7 Å². The summed E-state index contributed by atoms with van der Waals surface area (Å²) in [6, 6.07) is 0.